The number of nitrogens with zero attached hydrogens (tertiary/aromatic N) is 1. The number of carbonyl (C=O) groups is 1. The van der Waals surface area contributed by atoms with Crippen LogP contribution in [0, 0.1) is 0 Å². The number of anilines is 1. The smallest absolute Gasteiger partial charge is 0.224 e. The van der Waals surface area contributed by atoms with Gasteiger partial charge in [0.2, 0.25) is 5.91 Å². The Bertz CT molecular complexity index is 531. The third-order valence-corrected chi connectivity index (χ3v) is 2.95. The van der Waals surface area contributed by atoms with Gasteiger partial charge in [0.05, 0.1) is 12.3 Å². The molecule has 2 aromatic rings. The summed E-state index contributed by atoms with van der Waals surface area (Å²) in [6.45, 7) is 5.33. The maximum atomic E-state index is 12.0. The average Bonchev–Trinajstić information content (AvgIpc) is 2.93. The third-order valence-electron chi connectivity index (χ3n) is 2.95. The molecule has 1 amide bonds. The van der Waals surface area contributed by atoms with Gasteiger partial charge >= 0.3 is 0 Å². The zero-order chi connectivity index (χ0) is 13.7. The molecule has 0 aliphatic heterocycles. The van der Waals surface area contributed by atoms with E-state index < -0.39 is 0 Å². The Balaban J connectivity index is 2.41. The van der Waals surface area contributed by atoms with Crippen LogP contribution in [0.4, 0.5) is 5.69 Å². The summed E-state index contributed by atoms with van der Waals surface area (Å²) in [5.41, 5.74) is 0.859. The molecule has 1 atom stereocenters. The highest BCUT2D eigenvalue weighted by Gasteiger charge is 2.25. The van der Waals surface area contributed by atoms with Gasteiger partial charge in [-0.3, -0.25) is 4.79 Å². The quantitative estimate of drug-likeness (QED) is 0.758. The first kappa shape index (κ1) is 13.1. The molecule has 2 rings (SSSR count). The number of carbonyl (C=O) groups excluding carboxylic acids is 1. The molecule has 0 bridgehead atoms. The monoisotopic (exact) mass is 255 g/mol. The first-order valence-electron chi connectivity index (χ1n) is 6.23. The van der Waals surface area contributed by atoms with Gasteiger partial charge in [-0.1, -0.05) is 24.3 Å². The molecule has 1 aromatic carbocycles. The second-order valence-electron chi connectivity index (χ2n) is 4.28. The van der Waals surface area contributed by atoms with Gasteiger partial charge in [-0.05, 0) is 30.7 Å². The molecule has 0 aliphatic rings. The molecule has 98 valence electrons. The Kier molecular flexibility index (Phi) is 4.18. The van der Waals surface area contributed by atoms with Gasteiger partial charge in [-0.2, -0.15) is 0 Å². The second-order valence-corrected chi connectivity index (χ2v) is 4.28. The Labute approximate surface area is 113 Å². The minimum absolute atomic E-state index is 0.0190. The Hall–Kier alpha value is -2.29. The zero-order valence-electron chi connectivity index (χ0n) is 11.0. The van der Waals surface area contributed by atoms with Gasteiger partial charge in [-0.25, -0.2) is 0 Å². The molecule has 0 unspecified atom stereocenters. The fraction of sp³-hybridized carbons (Fsp3) is 0.188. The van der Waals surface area contributed by atoms with Crippen molar-refractivity contribution in [3.05, 3.63) is 67.1 Å². The normalized spacial score (nSPS) is 11.8. The van der Waals surface area contributed by atoms with Gasteiger partial charge in [-0.15, -0.1) is 6.58 Å². The van der Waals surface area contributed by atoms with Gasteiger partial charge in [0.1, 0.15) is 5.76 Å². The lowest BCUT2D eigenvalue weighted by Crippen LogP contribution is -2.32. The van der Waals surface area contributed by atoms with E-state index in [0.717, 1.165) is 11.4 Å². The number of benzene rings is 1. The van der Waals surface area contributed by atoms with Crippen LogP contribution in [0.5, 0.6) is 0 Å². The summed E-state index contributed by atoms with van der Waals surface area (Å²) >= 11 is 0. The molecule has 1 aromatic heterocycles. The highest BCUT2D eigenvalue weighted by Crippen LogP contribution is 2.30. The van der Waals surface area contributed by atoms with Crippen molar-refractivity contribution in [2.45, 2.75) is 19.4 Å². The summed E-state index contributed by atoms with van der Waals surface area (Å²) in [6, 6.07) is 13.1. The van der Waals surface area contributed by atoms with Crippen molar-refractivity contribution in [2.75, 3.05) is 4.90 Å². The van der Waals surface area contributed by atoms with Crippen LogP contribution in [-0.4, -0.2) is 5.91 Å². The van der Waals surface area contributed by atoms with Crippen LogP contribution in [0.1, 0.15) is 25.1 Å². The summed E-state index contributed by atoms with van der Waals surface area (Å²) in [4.78, 5) is 13.7. The predicted molar refractivity (Wildman–Crippen MR) is 75.9 cm³/mol. The SMILES string of the molecule is C=CC[C@@H](c1ccco1)N(C(C)=O)c1ccccc1. The Morgan fingerprint density at radius 2 is 2.05 bits per heavy atom. The molecule has 0 fully saturated rings. The molecule has 0 saturated carbocycles. The molecule has 0 spiro atoms. The highest BCUT2D eigenvalue weighted by atomic mass is 16.3. The van der Waals surface area contributed by atoms with Crippen molar-refractivity contribution in [3.63, 3.8) is 0 Å². The summed E-state index contributed by atoms with van der Waals surface area (Å²) < 4.78 is 5.46. The lowest BCUT2D eigenvalue weighted by atomic mass is 10.1. The standard InChI is InChI=1S/C16H17NO2/c1-3-8-15(16-11-7-12-19-16)17(13(2)18)14-9-5-4-6-10-14/h3-7,9-12,15H,1,8H2,2H3/t15-/m0/s1. The Morgan fingerprint density at radius 1 is 1.32 bits per heavy atom. The van der Waals surface area contributed by atoms with Crippen molar-refractivity contribution >= 4 is 11.6 Å². The van der Waals surface area contributed by atoms with E-state index in [2.05, 4.69) is 6.58 Å². The van der Waals surface area contributed by atoms with Crippen molar-refractivity contribution < 1.29 is 9.21 Å². The van der Waals surface area contributed by atoms with Gasteiger partial charge in [0.25, 0.3) is 0 Å². The summed E-state index contributed by atoms with van der Waals surface area (Å²) in [5, 5.41) is 0. The maximum absolute atomic E-state index is 12.0. The molecule has 19 heavy (non-hydrogen) atoms. The minimum atomic E-state index is -0.160. The van der Waals surface area contributed by atoms with E-state index in [9.17, 15) is 4.79 Å². The summed E-state index contributed by atoms with van der Waals surface area (Å²) in [5.74, 6) is 0.744. The number of hydrogen-bond acceptors (Lipinski definition) is 2. The number of amides is 1. The predicted octanol–water partition coefficient (Wildman–Crippen LogP) is 3.95. The Morgan fingerprint density at radius 3 is 2.58 bits per heavy atom. The van der Waals surface area contributed by atoms with Crippen LogP contribution in [0.15, 0.2) is 65.8 Å². The van der Waals surface area contributed by atoms with E-state index in [-0.39, 0.29) is 11.9 Å². The highest BCUT2D eigenvalue weighted by molar-refractivity contribution is 5.92. The van der Waals surface area contributed by atoms with Gasteiger partial charge < -0.3 is 9.32 Å². The van der Waals surface area contributed by atoms with Crippen molar-refractivity contribution in [1.82, 2.24) is 0 Å². The zero-order valence-corrected chi connectivity index (χ0v) is 11.0. The fourth-order valence-electron chi connectivity index (χ4n) is 2.16. The van der Waals surface area contributed by atoms with Crippen molar-refractivity contribution in [1.29, 1.82) is 0 Å². The van der Waals surface area contributed by atoms with E-state index in [0.29, 0.717) is 6.42 Å². The summed E-state index contributed by atoms with van der Waals surface area (Å²) in [6.07, 6.45) is 4.06. The number of rotatable bonds is 5. The topological polar surface area (TPSA) is 33.5 Å². The van der Waals surface area contributed by atoms with Crippen LogP contribution in [0.3, 0.4) is 0 Å². The molecule has 0 N–H and O–H groups in total. The van der Waals surface area contributed by atoms with Gasteiger partial charge in [0, 0.05) is 12.6 Å². The van der Waals surface area contributed by atoms with E-state index in [1.807, 2.05) is 42.5 Å². The first-order chi connectivity index (χ1) is 9.24. The van der Waals surface area contributed by atoms with Crippen LogP contribution in [0.2, 0.25) is 0 Å². The molecular weight excluding hydrogens is 238 g/mol. The van der Waals surface area contributed by atoms with E-state index in [1.54, 1.807) is 24.2 Å². The largest absolute Gasteiger partial charge is 0.467 e. The molecule has 0 aliphatic carbocycles. The molecule has 3 heteroatoms. The van der Waals surface area contributed by atoms with E-state index in [1.165, 1.54) is 0 Å². The van der Waals surface area contributed by atoms with Crippen molar-refractivity contribution in [2.24, 2.45) is 0 Å². The maximum Gasteiger partial charge on any atom is 0.224 e. The van der Waals surface area contributed by atoms with E-state index >= 15 is 0 Å². The number of para-hydroxylation sites is 1. The lowest BCUT2D eigenvalue weighted by molar-refractivity contribution is -0.117. The number of hydrogen-bond donors (Lipinski definition) is 0. The van der Waals surface area contributed by atoms with E-state index in [4.69, 9.17) is 4.42 Å². The molecule has 0 saturated heterocycles. The third kappa shape index (κ3) is 2.94. The molecule has 0 radical (unpaired) electrons. The molecule has 3 nitrogen and oxygen atoms in total. The van der Waals surface area contributed by atoms with Crippen LogP contribution >= 0.6 is 0 Å². The fourth-order valence-corrected chi connectivity index (χ4v) is 2.16. The first-order valence-corrected chi connectivity index (χ1v) is 6.23. The van der Waals surface area contributed by atoms with Crippen molar-refractivity contribution in [3.8, 4) is 0 Å². The lowest BCUT2D eigenvalue weighted by Gasteiger charge is -2.29. The van der Waals surface area contributed by atoms with Crippen LogP contribution < -0.4 is 4.90 Å². The minimum Gasteiger partial charge on any atom is -0.467 e. The van der Waals surface area contributed by atoms with Gasteiger partial charge in [0.15, 0.2) is 0 Å². The van der Waals surface area contributed by atoms with Crippen LogP contribution in [0.25, 0.3) is 0 Å². The summed E-state index contributed by atoms with van der Waals surface area (Å²) in [7, 11) is 0. The molecule has 1 heterocycles. The average molecular weight is 255 g/mol. The van der Waals surface area contributed by atoms with Crippen LogP contribution in [-0.2, 0) is 4.79 Å². The molecular formula is C16H17NO2. The second kappa shape index (κ2) is 6.05. The number of furan rings is 1.